The highest BCUT2D eigenvalue weighted by atomic mass is 35.5. The van der Waals surface area contributed by atoms with E-state index in [0.29, 0.717) is 21.3 Å². The third kappa shape index (κ3) is 2.29. The lowest BCUT2D eigenvalue weighted by Gasteiger charge is -2.05. The largest absolute Gasteiger partial charge is 0.399 e. The Hall–Kier alpha value is -1.25. The molecule has 0 aliphatic carbocycles. The van der Waals surface area contributed by atoms with Crippen LogP contribution in [0.3, 0.4) is 0 Å². The average molecular weight is 256 g/mol. The second-order valence-corrected chi connectivity index (χ2v) is 4.22. The molecule has 2 aromatic rings. The highest BCUT2D eigenvalue weighted by molar-refractivity contribution is 6.42. The molecule has 2 aromatic carbocycles. The van der Waals surface area contributed by atoms with E-state index in [0.717, 1.165) is 5.56 Å². The zero-order valence-electron chi connectivity index (χ0n) is 8.18. The Morgan fingerprint density at radius 2 is 1.62 bits per heavy atom. The quantitative estimate of drug-likeness (QED) is 0.752. The van der Waals surface area contributed by atoms with Gasteiger partial charge in [0.2, 0.25) is 0 Å². The van der Waals surface area contributed by atoms with Gasteiger partial charge in [0.25, 0.3) is 0 Å². The number of nitrogens with two attached hydrogens (primary N) is 1. The number of halogens is 3. The molecule has 0 saturated carbocycles. The highest BCUT2D eigenvalue weighted by Crippen LogP contribution is 2.29. The van der Waals surface area contributed by atoms with Crippen LogP contribution in [0, 0.1) is 5.82 Å². The van der Waals surface area contributed by atoms with Crippen LogP contribution in [0.2, 0.25) is 10.0 Å². The van der Waals surface area contributed by atoms with Crippen LogP contribution in [0.5, 0.6) is 0 Å². The van der Waals surface area contributed by atoms with Crippen LogP contribution in [0.4, 0.5) is 10.1 Å². The summed E-state index contributed by atoms with van der Waals surface area (Å²) in [6.45, 7) is 0. The Balaban J connectivity index is 2.54. The Labute approximate surface area is 103 Å². The first-order valence-corrected chi connectivity index (χ1v) is 5.33. The number of rotatable bonds is 1. The minimum atomic E-state index is -0.374. The van der Waals surface area contributed by atoms with Crippen molar-refractivity contribution in [1.82, 2.24) is 0 Å². The van der Waals surface area contributed by atoms with Crippen LogP contribution in [0.15, 0.2) is 36.4 Å². The van der Waals surface area contributed by atoms with Gasteiger partial charge in [0.1, 0.15) is 5.82 Å². The van der Waals surface area contributed by atoms with Crippen molar-refractivity contribution >= 4 is 28.9 Å². The summed E-state index contributed by atoms with van der Waals surface area (Å²) in [5.41, 5.74) is 7.40. The average Bonchev–Trinajstić information content (AvgIpc) is 2.20. The van der Waals surface area contributed by atoms with Crippen molar-refractivity contribution in [2.24, 2.45) is 0 Å². The topological polar surface area (TPSA) is 26.0 Å². The molecular formula is C12H8Cl2FN. The first-order chi connectivity index (χ1) is 7.56. The van der Waals surface area contributed by atoms with Crippen LogP contribution in [0.1, 0.15) is 0 Å². The van der Waals surface area contributed by atoms with Gasteiger partial charge in [-0.1, -0.05) is 29.3 Å². The molecule has 0 amide bonds. The summed E-state index contributed by atoms with van der Waals surface area (Å²) in [5, 5.41) is 0.900. The molecule has 4 heteroatoms. The molecule has 0 atom stereocenters. The van der Waals surface area contributed by atoms with Crippen LogP contribution < -0.4 is 5.73 Å². The van der Waals surface area contributed by atoms with Crippen molar-refractivity contribution in [3.8, 4) is 11.1 Å². The number of nitrogen functional groups attached to an aromatic ring is 1. The van der Waals surface area contributed by atoms with E-state index in [1.54, 1.807) is 24.3 Å². The molecule has 0 spiro atoms. The molecule has 0 bridgehead atoms. The molecule has 0 aliphatic rings. The van der Waals surface area contributed by atoms with Gasteiger partial charge in [0.05, 0.1) is 10.0 Å². The summed E-state index contributed by atoms with van der Waals surface area (Å²) in [6.07, 6.45) is 0. The summed E-state index contributed by atoms with van der Waals surface area (Å²) in [4.78, 5) is 0. The summed E-state index contributed by atoms with van der Waals surface area (Å²) >= 11 is 11.7. The molecule has 0 aromatic heterocycles. The van der Waals surface area contributed by atoms with E-state index in [1.807, 2.05) is 0 Å². The van der Waals surface area contributed by atoms with E-state index in [9.17, 15) is 4.39 Å². The molecule has 16 heavy (non-hydrogen) atoms. The maximum atomic E-state index is 13.2. The number of benzene rings is 2. The van der Waals surface area contributed by atoms with E-state index >= 15 is 0 Å². The first kappa shape index (κ1) is 11.2. The molecule has 1 nitrogen and oxygen atoms in total. The Morgan fingerprint density at radius 1 is 0.875 bits per heavy atom. The molecule has 0 heterocycles. The predicted octanol–water partition coefficient (Wildman–Crippen LogP) is 4.38. The fraction of sp³-hybridized carbons (Fsp3) is 0. The van der Waals surface area contributed by atoms with Crippen molar-refractivity contribution in [1.29, 1.82) is 0 Å². The van der Waals surface area contributed by atoms with E-state index in [1.165, 1.54) is 12.1 Å². The number of anilines is 1. The van der Waals surface area contributed by atoms with E-state index in [4.69, 9.17) is 28.9 Å². The second kappa shape index (κ2) is 4.32. The molecule has 0 unspecified atom stereocenters. The van der Waals surface area contributed by atoms with E-state index < -0.39 is 0 Å². The van der Waals surface area contributed by atoms with E-state index in [2.05, 4.69) is 0 Å². The van der Waals surface area contributed by atoms with Crippen molar-refractivity contribution in [2.45, 2.75) is 0 Å². The minimum absolute atomic E-state index is 0.374. The maximum absolute atomic E-state index is 13.2. The number of hydrogen-bond donors (Lipinski definition) is 1. The highest BCUT2D eigenvalue weighted by Gasteiger charge is 2.04. The van der Waals surface area contributed by atoms with Gasteiger partial charge >= 0.3 is 0 Å². The zero-order chi connectivity index (χ0) is 11.7. The molecule has 0 saturated heterocycles. The van der Waals surface area contributed by atoms with Gasteiger partial charge < -0.3 is 5.73 Å². The molecule has 2 rings (SSSR count). The Bertz CT molecular complexity index is 520. The molecule has 0 aliphatic heterocycles. The summed E-state index contributed by atoms with van der Waals surface area (Å²) in [7, 11) is 0. The molecule has 2 N–H and O–H groups in total. The lowest BCUT2D eigenvalue weighted by Crippen LogP contribution is -1.88. The second-order valence-electron chi connectivity index (χ2n) is 3.40. The van der Waals surface area contributed by atoms with Gasteiger partial charge in [-0.2, -0.15) is 0 Å². The van der Waals surface area contributed by atoms with Crippen molar-refractivity contribution in [3.63, 3.8) is 0 Å². The van der Waals surface area contributed by atoms with Gasteiger partial charge in [-0.15, -0.1) is 0 Å². The van der Waals surface area contributed by atoms with Crippen molar-refractivity contribution < 1.29 is 4.39 Å². The van der Waals surface area contributed by atoms with Crippen LogP contribution in [-0.4, -0.2) is 0 Å². The summed E-state index contributed by atoms with van der Waals surface area (Å²) in [6, 6.07) is 9.46. The van der Waals surface area contributed by atoms with Gasteiger partial charge in [-0.3, -0.25) is 0 Å². The van der Waals surface area contributed by atoms with Gasteiger partial charge in [-0.05, 0) is 41.5 Å². The SMILES string of the molecule is Nc1cc(F)cc(-c2ccc(Cl)c(Cl)c2)c1. The van der Waals surface area contributed by atoms with E-state index in [-0.39, 0.29) is 5.82 Å². The van der Waals surface area contributed by atoms with Gasteiger partial charge in [0, 0.05) is 5.69 Å². The smallest absolute Gasteiger partial charge is 0.125 e. The van der Waals surface area contributed by atoms with Crippen molar-refractivity contribution in [3.05, 3.63) is 52.3 Å². The fourth-order valence-corrected chi connectivity index (χ4v) is 1.75. The molecular weight excluding hydrogens is 248 g/mol. The molecule has 0 fully saturated rings. The monoisotopic (exact) mass is 255 g/mol. The van der Waals surface area contributed by atoms with Crippen molar-refractivity contribution in [2.75, 3.05) is 5.73 Å². The van der Waals surface area contributed by atoms with Crippen LogP contribution in [-0.2, 0) is 0 Å². The lowest BCUT2D eigenvalue weighted by atomic mass is 10.1. The van der Waals surface area contributed by atoms with Crippen LogP contribution in [0.25, 0.3) is 11.1 Å². The number of hydrogen-bond acceptors (Lipinski definition) is 1. The summed E-state index contributed by atoms with van der Waals surface area (Å²) in [5.74, 6) is -0.374. The lowest BCUT2D eigenvalue weighted by molar-refractivity contribution is 0.629. The third-order valence-electron chi connectivity index (χ3n) is 2.17. The Morgan fingerprint density at radius 3 is 2.25 bits per heavy atom. The Kier molecular flexibility index (Phi) is 3.03. The fourth-order valence-electron chi connectivity index (χ4n) is 1.45. The normalized spacial score (nSPS) is 10.4. The predicted molar refractivity (Wildman–Crippen MR) is 66.3 cm³/mol. The maximum Gasteiger partial charge on any atom is 0.125 e. The third-order valence-corrected chi connectivity index (χ3v) is 2.91. The first-order valence-electron chi connectivity index (χ1n) is 4.58. The minimum Gasteiger partial charge on any atom is -0.399 e. The summed E-state index contributed by atoms with van der Waals surface area (Å²) < 4.78 is 13.2. The molecule has 82 valence electrons. The van der Waals surface area contributed by atoms with Crippen LogP contribution >= 0.6 is 23.2 Å². The zero-order valence-corrected chi connectivity index (χ0v) is 9.69. The van der Waals surface area contributed by atoms with Gasteiger partial charge in [-0.25, -0.2) is 4.39 Å². The standard InChI is InChI=1S/C12H8Cl2FN/c13-11-2-1-7(5-12(11)14)8-3-9(15)6-10(16)4-8/h1-6H,16H2. The van der Waals surface area contributed by atoms with Gasteiger partial charge in [0.15, 0.2) is 0 Å². The molecule has 0 radical (unpaired) electrons.